The maximum Gasteiger partial charge on any atom is 0.472 e. The predicted octanol–water partition coefficient (Wildman–Crippen LogP) is 10.2. The zero-order valence-corrected chi connectivity index (χ0v) is 31.4. The van der Waals surface area contributed by atoms with Gasteiger partial charge in [0, 0.05) is 13.0 Å². The molecule has 0 rings (SSSR count). The van der Waals surface area contributed by atoms with Crippen LogP contribution in [0.25, 0.3) is 0 Å². The predicted molar refractivity (Wildman–Crippen MR) is 198 cm³/mol. The fourth-order valence-corrected chi connectivity index (χ4v) is 6.30. The average Bonchev–Trinajstić information content (AvgIpc) is 3.05. The van der Waals surface area contributed by atoms with Crippen molar-refractivity contribution in [1.29, 1.82) is 0 Å². The average molecular weight is 687 g/mol. The normalized spacial score (nSPS) is 14.6. The van der Waals surface area contributed by atoms with Crippen LogP contribution in [0.3, 0.4) is 0 Å². The molecule has 0 aliphatic rings. The maximum atomic E-state index is 12.7. The molecule has 5 N–H and O–H groups in total. The summed E-state index contributed by atoms with van der Waals surface area (Å²) in [5.41, 5.74) is 5.35. The van der Waals surface area contributed by atoms with E-state index in [2.05, 4.69) is 31.3 Å². The Morgan fingerprint density at radius 2 is 1.11 bits per heavy atom. The number of amides is 1. The number of hydrogen-bond acceptors (Lipinski definition) is 6. The number of nitrogens with two attached hydrogens (primary N) is 1. The Balaban J connectivity index is 4.29. The van der Waals surface area contributed by atoms with Crippen LogP contribution >= 0.6 is 7.82 Å². The summed E-state index contributed by atoms with van der Waals surface area (Å²) in [5.74, 6) is -0.204. The number of rotatable bonds is 36. The van der Waals surface area contributed by atoms with E-state index in [4.69, 9.17) is 14.8 Å². The SMILES string of the molecule is CCCCCCCCC/C=C\CCCCCCCC(=O)NC(COP(=O)(O)OCCN)C(O)/C=C/CCCCCCCCCCCC. The molecular formula is C38H75N2O6P. The van der Waals surface area contributed by atoms with Crippen molar-refractivity contribution < 1.29 is 28.4 Å². The van der Waals surface area contributed by atoms with Gasteiger partial charge in [-0.25, -0.2) is 4.57 Å². The van der Waals surface area contributed by atoms with Crippen molar-refractivity contribution in [1.82, 2.24) is 5.32 Å². The molecule has 0 saturated heterocycles. The summed E-state index contributed by atoms with van der Waals surface area (Å²) in [6.45, 7) is 4.11. The van der Waals surface area contributed by atoms with Crippen molar-refractivity contribution in [3.63, 3.8) is 0 Å². The van der Waals surface area contributed by atoms with E-state index < -0.39 is 20.0 Å². The Hall–Kier alpha value is -1.02. The second kappa shape index (κ2) is 34.8. The molecule has 9 heteroatoms. The van der Waals surface area contributed by atoms with Crippen molar-refractivity contribution in [2.45, 2.75) is 193 Å². The lowest BCUT2D eigenvalue weighted by Crippen LogP contribution is -2.45. The topological polar surface area (TPSA) is 131 Å². The Labute approximate surface area is 289 Å². The Kier molecular flexibility index (Phi) is 34.1. The number of aliphatic hydroxyl groups excluding tert-OH is 1. The molecule has 0 aromatic carbocycles. The van der Waals surface area contributed by atoms with Crippen LogP contribution in [-0.4, -0.2) is 47.8 Å². The van der Waals surface area contributed by atoms with Gasteiger partial charge in [0.1, 0.15) is 0 Å². The van der Waals surface area contributed by atoms with E-state index in [-0.39, 0.29) is 25.7 Å². The molecule has 0 aromatic heterocycles. The van der Waals surface area contributed by atoms with Crippen LogP contribution < -0.4 is 11.1 Å². The van der Waals surface area contributed by atoms with Crippen LogP contribution in [0.1, 0.15) is 181 Å². The third-order valence-corrected chi connectivity index (χ3v) is 9.51. The summed E-state index contributed by atoms with van der Waals surface area (Å²) in [6.07, 6.45) is 37.9. The van der Waals surface area contributed by atoms with E-state index in [0.717, 1.165) is 51.4 Å². The standard InChI is InChI=1S/C38H75N2O6P/c1-3-5-7-9-11-13-15-17-18-19-20-22-24-26-28-30-32-38(42)40-36(35-46-47(43,44)45-34-33-39)37(41)31-29-27-25-23-21-16-14-12-10-8-6-4-2/h18-19,29,31,36-37,41H,3-17,20-28,30,32-35,39H2,1-2H3,(H,40,42)(H,43,44)/b19-18-,31-29+. The van der Waals surface area contributed by atoms with Gasteiger partial charge in [-0.3, -0.25) is 13.8 Å². The molecule has 278 valence electrons. The van der Waals surface area contributed by atoms with Gasteiger partial charge in [-0.2, -0.15) is 0 Å². The van der Waals surface area contributed by atoms with Crippen molar-refractivity contribution >= 4 is 13.7 Å². The lowest BCUT2D eigenvalue weighted by Gasteiger charge is -2.23. The summed E-state index contributed by atoms with van der Waals surface area (Å²) in [4.78, 5) is 22.6. The lowest BCUT2D eigenvalue weighted by atomic mass is 10.1. The van der Waals surface area contributed by atoms with E-state index in [1.807, 2.05) is 6.08 Å². The number of phosphoric ester groups is 1. The highest BCUT2D eigenvalue weighted by molar-refractivity contribution is 7.47. The Bertz CT molecular complexity index is 794. The fourth-order valence-electron chi connectivity index (χ4n) is 5.54. The Morgan fingerprint density at radius 3 is 1.57 bits per heavy atom. The first kappa shape index (κ1) is 46.0. The minimum absolute atomic E-state index is 0.0778. The number of hydrogen-bond donors (Lipinski definition) is 4. The molecule has 0 saturated carbocycles. The van der Waals surface area contributed by atoms with Gasteiger partial charge < -0.3 is 21.1 Å². The second-order valence-corrected chi connectivity index (χ2v) is 14.6. The number of allylic oxidation sites excluding steroid dienone is 3. The van der Waals surface area contributed by atoms with Crippen LogP contribution in [0.15, 0.2) is 24.3 Å². The van der Waals surface area contributed by atoms with E-state index in [0.29, 0.717) is 6.42 Å². The van der Waals surface area contributed by atoms with Gasteiger partial charge in [0.25, 0.3) is 0 Å². The monoisotopic (exact) mass is 687 g/mol. The lowest BCUT2D eigenvalue weighted by molar-refractivity contribution is -0.123. The van der Waals surface area contributed by atoms with Crippen molar-refractivity contribution in [3.05, 3.63) is 24.3 Å². The molecule has 0 radical (unpaired) electrons. The molecule has 0 bridgehead atoms. The summed E-state index contributed by atoms with van der Waals surface area (Å²) in [7, 11) is -4.33. The first-order valence-electron chi connectivity index (χ1n) is 19.5. The van der Waals surface area contributed by atoms with Crippen LogP contribution in [0.2, 0.25) is 0 Å². The van der Waals surface area contributed by atoms with Gasteiger partial charge in [0.05, 0.1) is 25.4 Å². The van der Waals surface area contributed by atoms with Gasteiger partial charge in [-0.1, -0.05) is 154 Å². The summed E-state index contributed by atoms with van der Waals surface area (Å²) < 4.78 is 22.0. The van der Waals surface area contributed by atoms with Gasteiger partial charge in [0.15, 0.2) is 0 Å². The zero-order chi connectivity index (χ0) is 34.7. The molecule has 0 aromatic rings. The number of aliphatic hydroxyl groups is 1. The number of unbranched alkanes of at least 4 members (excludes halogenated alkanes) is 22. The molecule has 3 unspecified atom stereocenters. The summed E-state index contributed by atoms with van der Waals surface area (Å²) in [5, 5.41) is 13.6. The number of carbonyl (C=O) groups is 1. The largest absolute Gasteiger partial charge is 0.472 e. The number of nitrogens with one attached hydrogen (secondary N) is 1. The van der Waals surface area contributed by atoms with Crippen LogP contribution in [0, 0.1) is 0 Å². The minimum Gasteiger partial charge on any atom is -0.387 e. The molecule has 1 amide bonds. The molecule has 0 aliphatic heterocycles. The molecule has 0 fully saturated rings. The highest BCUT2D eigenvalue weighted by Gasteiger charge is 2.26. The van der Waals surface area contributed by atoms with Crippen molar-refractivity contribution in [2.75, 3.05) is 19.8 Å². The molecule has 3 atom stereocenters. The molecule has 0 heterocycles. The van der Waals surface area contributed by atoms with Crippen molar-refractivity contribution in [2.24, 2.45) is 5.73 Å². The first-order chi connectivity index (χ1) is 22.9. The summed E-state index contributed by atoms with van der Waals surface area (Å²) in [6, 6.07) is -0.860. The molecule has 47 heavy (non-hydrogen) atoms. The third-order valence-electron chi connectivity index (χ3n) is 8.52. The molecule has 0 aliphatic carbocycles. The van der Waals surface area contributed by atoms with Gasteiger partial charge in [0.2, 0.25) is 5.91 Å². The zero-order valence-electron chi connectivity index (χ0n) is 30.5. The van der Waals surface area contributed by atoms with Gasteiger partial charge >= 0.3 is 7.82 Å². The highest BCUT2D eigenvalue weighted by Crippen LogP contribution is 2.43. The molecule has 8 nitrogen and oxygen atoms in total. The first-order valence-corrected chi connectivity index (χ1v) is 21.0. The van der Waals surface area contributed by atoms with Crippen LogP contribution in [0.5, 0.6) is 0 Å². The fraction of sp³-hybridized carbons (Fsp3) is 0.868. The van der Waals surface area contributed by atoms with E-state index >= 15 is 0 Å². The van der Waals surface area contributed by atoms with Gasteiger partial charge in [-0.05, 0) is 44.9 Å². The maximum absolute atomic E-state index is 12.7. The summed E-state index contributed by atoms with van der Waals surface area (Å²) >= 11 is 0. The van der Waals surface area contributed by atoms with Gasteiger partial charge in [-0.15, -0.1) is 0 Å². The van der Waals surface area contributed by atoms with E-state index in [1.165, 1.54) is 109 Å². The molecular weight excluding hydrogens is 611 g/mol. The third kappa shape index (κ3) is 33.3. The van der Waals surface area contributed by atoms with Crippen LogP contribution in [-0.2, 0) is 18.4 Å². The van der Waals surface area contributed by atoms with Crippen molar-refractivity contribution in [3.8, 4) is 0 Å². The second-order valence-electron chi connectivity index (χ2n) is 13.1. The van der Waals surface area contributed by atoms with E-state index in [1.54, 1.807) is 6.08 Å². The molecule has 0 spiro atoms. The quantitative estimate of drug-likeness (QED) is 0.0293. The smallest absolute Gasteiger partial charge is 0.387 e. The van der Waals surface area contributed by atoms with E-state index in [9.17, 15) is 19.4 Å². The number of phosphoric acid groups is 1. The number of carbonyl (C=O) groups excluding carboxylic acids is 1. The Morgan fingerprint density at radius 1 is 0.681 bits per heavy atom. The minimum atomic E-state index is -4.33. The highest BCUT2D eigenvalue weighted by atomic mass is 31.2. The van der Waals surface area contributed by atoms with Crippen LogP contribution in [0.4, 0.5) is 0 Å².